The van der Waals surface area contributed by atoms with Crippen LogP contribution in [0, 0.1) is 19.7 Å². The number of anilines is 1. The third kappa shape index (κ3) is 3.80. The van der Waals surface area contributed by atoms with Crippen LogP contribution < -0.4 is 5.32 Å². The molecular formula is C21H20FN3O3S. The lowest BCUT2D eigenvalue weighted by atomic mass is 10.1. The number of hydrogen-bond acceptors (Lipinski definition) is 4. The fraction of sp³-hybridized carbons (Fsp3) is 0.238. The van der Waals surface area contributed by atoms with Crippen molar-refractivity contribution in [1.29, 1.82) is 0 Å². The Bertz CT molecular complexity index is 1210. The number of fused-ring (bicyclic) bond motifs is 1. The summed E-state index contributed by atoms with van der Waals surface area (Å²) in [6, 6.07) is 11.4. The van der Waals surface area contributed by atoms with Crippen LogP contribution >= 0.6 is 0 Å². The average Bonchev–Trinajstić information content (AvgIpc) is 3.12. The smallest absolute Gasteiger partial charge is 0.229 e. The Hall–Kier alpha value is -3.00. The Kier molecular flexibility index (Phi) is 4.74. The van der Waals surface area contributed by atoms with Crippen LogP contribution in [0.3, 0.4) is 0 Å². The number of benzene rings is 2. The molecule has 3 aromatic rings. The van der Waals surface area contributed by atoms with Crippen LogP contribution in [0.15, 0.2) is 42.5 Å². The highest BCUT2D eigenvalue weighted by Crippen LogP contribution is 2.34. The fourth-order valence-corrected chi connectivity index (χ4v) is 4.97. The molecule has 0 atom stereocenters. The Morgan fingerprint density at radius 1 is 1.14 bits per heavy atom. The van der Waals surface area contributed by atoms with Crippen LogP contribution in [0.4, 0.5) is 10.2 Å². The fourth-order valence-electron chi connectivity index (χ4n) is 3.47. The first-order chi connectivity index (χ1) is 13.7. The standard InChI is InChI=1S/C21H20FN3O3S/c1-13-4-3-5-19(14(13)2)25-21(17-11-29(27,28)12-18(17)24-25)23-20(26)10-15-6-8-16(22)9-7-15/h3-9H,10-12H2,1-2H3,(H,23,26). The van der Waals surface area contributed by atoms with Crippen LogP contribution in [0.1, 0.15) is 27.9 Å². The highest BCUT2D eigenvalue weighted by Gasteiger charge is 2.33. The molecule has 1 aliphatic heterocycles. The Morgan fingerprint density at radius 2 is 1.86 bits per heavy atom. The molecule has 29 heavy (non-hydrogen) atoms. The van der Waals surface area contributed by atoms with E-state index < -0.39 is 9.84 Å². The number of aryl methyl sites for hydroxylation is 1. The van der Waals surface area contributed by atoms with Gasteiger partial charge in [0.25, 0.3) is 0 Å². The molecule has 4 rings (SSSR count). The molecule has 8 heteroatoms. The molecule has 150 valence electrons. The van der Waals surface area contributed by atoms with Crippen molar-refractivity contribution in [2.24, 2.45) is 0 Å². The van der Waals surface area contributed by atoms with Gasteiger partial charge in [-0.05, 0) is 48.7 Å². The molecule has 1 amide bonds. The quantitative estimate of drug-likeness (QED) is 0.712. The van der Waals surface area contributed by atoms with E-state index in [0.29, 0.717) is 22.6 Å². The number of amides is 1. The summed E-state index contributed by atoms with van der Waals surface area (Å²) in [4.78, 5) is 12.7. The van der Waals surface area contributed by atoms with Gasteiger partial charge < -0.3 is 5.32 Å². The zero-order valence-electron chi connectivity index (χ0n) is 16.1. The number of sulfone groups is 1. The molecule has 0 unspecified atom stereocenters. The first-order valence-electron chi connectivity index (χ1n) is 9.15. The monoisotopic (exact) mass is 413 g/mol. The lowest BCUT2D eigenvalue weighted by Gasteiger charge is -2.14. The number of nitrogens with zero attached hydrogens (tertiary/aromatic N) is 2. The summed E-state index contributed by atoms with van der Waals surface area (Å²) < 4.78 is 38.9. The van der Waals surface area contributed by atoms with E-state index in [2.05, 4.69) is 10.4 Å². The van der Waals surface area contributed by atoms with Gasteiger partial charge in [0.2, 0.25) is 5.91 Å². The van der Waals surface area contributed by atoms with Gasteiger partial charge in [0.15, 0.2) is 9.84 Å². The van der Waals surface area contributed by atoms with Crippen molar-refractivity contribution in [2.75, 3.05) is 5.32 Å². The molecule has 0 saturated carbocycles. The predicted octanol–water partition coefficient (Wildman–Crippen LogP) is 3.24. The zero-order chi connectivity index (χ0) is 20.8. The van der Waals surface area contributed by atoms with E-state index in [-0.39, 0.29) is 29.7 Å². The lowest BCUT2D eigenvalue weighted by molar-refractivity contribution is -0.115. The molecule has 2 aromatic carbocycles. The minimum absolute atomic E-state index is 0.0415. The van der Waals surface area contributed by atoms with Crippen molar-refractivity contribution >= 4 is 21.6 Å². The molecule has 0 fully saturated rings. The number of carbonyl (C=O) groups excluding carboxylic acids is 1. The summed E-state index contributed by atoms with van der Waals surface area (Å²) in [6.45, 7) is 3.94. The largest absolute Gasteiger partial charge is 0.310 e. The van der Waals surface area contributed by atoms with E-state index in [4.69, 9.17) is 0 Å². The molecule has 0 aliphatic carbocycles. The first-order valence-corrected chi connectivity index (χ1v) is 11.0. The first kappa shape index (κ1) is 19.3. The SMILES string of the molecule is Cc1cccc(-n2nc3c(c2NC(=O)Cc2ccc(F)cc2)CS(=O)(=O)C3)c1C. The average molecular weight is 413 g/mol. The Labute approximate surface area is 168 Å². The molecule has 0 spiro atoms. The number of aromatic nitrogens is 2. The summed E-state index contributed by atoms with van der Waals surface area (Å²) in [5, 5.41) is 7.34. The van der Waals surface area contributed by atoms with Crippen molar-refractivity contribution in [3.63, 3.8) is 0 Å². The zero-order valence-corrected chi connectivity index (χ0v) is 16.9. The van der Waals surface area contributed by atoms with Gasteiger partial charge in [0.1, 0.15) is 11.6 Å². The van der Waals surface area contributed by atoms with Crippen molar-refractivity contribution < 1.29 is 17.6 Å². The third-order valence-electron chi connectivity index (χ3n) is 5.13. The van der Waals surface area contributed by atoms with Gasteiger partial charge in [-0.2, -0.15) is 5.10 Å². The molecule has 6 nitrogen and oxygen atoms in total. The van der Waals surface area contributed by atoms with E-state index >= 15 is 0 Å². The lowest BCUT2D eigenvalue weighted by Crippen LogP contribution is -2.19. The summed E-state index contributed by atoms with van der Waals surface area (Å²) in [7, 11) is -3.27. The number of nitrogens with one attached hydrogen (secondary N) is 1. The molecule has 1 aliphatic rings. The minimum Gasteiger partial charge on any atom is -0.310 e. The van der Waals surface area contributed by atoms with Gasteiger partial charge in [-0.1, -0.05) is 24.3 Å². The summed E-state index contributed by atoms with van der Waals surface area (Å²) in [5.41, 5.74) is 4.49. The van der Waals surface area contributed by atoms with Crippen molar-refractivity contribution in [2.45, 2.75) is 31.8 Å². The van der Waals surface area contributed by atoms with E-state index in [0.717, 1.165) is 16.8 Å². The van der Waals surface area contributed by atoms with Gasteiger partial charge in [-0.25, -0.2) is 17.5 Å². The van der Waals surface area contributed by atoms with Crippen LogP contribution in [0.25, 0.3) is 5.69 Å². The Balaban J connectivity index is 1.72. The number of rotatable bonds is 4. The van der Waals surface area contributed by atoms with E-state index in [1.165, 1.54) is 12.1 Å². The van der Waals surface area contributed by atoms with Crippen LogP contribution in [-0.2, 0) is 32.6 Å². The van der Waals surface area contributed by atoms with Gasteiger partial charge in [-0.15, -0.1) is 0 Å². The second kappa shape index (κ2) is 7.11. The van der Waals surface area contributed by atoms with Crippen LogP contribution in [0.5, 0.6) is 0 Å². The summed E-state index contributed by atoms with van der Waals surface area (Å²) in [6.07, 6.45) is 0.0415. The molecule has 0 bridgehead atoms. The highest BCUT2D eigenvalue weighted by atomic mass is 32.2. The van der Waals surface area contributed by atoms with E-state index in [1.807, 2.05) is 32.0 Å². The number of carbonyl (C=O) groups is 1. The van der Waals surface area contributed by atoms with Crippen molar-refractivity contribution in [3.8, 4) is 5.69 Å². The van der Waals surface area contributed by atoms with Gasteiger partial charge in [0.05, 0.1) is 29.3 Å². The Morgan fingerprint density at radius 3 is 2.59 bits per heavy atom. The van der Waals surface area contributed by atoms with Gasteiger partial charge in [-0.3, -0.25) is 4.79 Å². The van der Waals surface area contributed by atoms with E-state index in [1.54, 1.807) is 16.8 Å². The summed E-state index contributed by atoms with van der Waals surface area (Å²) >= 11 is 0. The van der Waals surface area contributed by atoms with Crippen molar-refractivity contribution in [1.82, 2.24) is 9.78 Å². The molecular weight excluding hydrogens is 393 g/mol. The number of halogens is 1. The molecule has 0 radical (unpaired) electrons. The van der Waals surface area contributed by atoms with Gasteiger partial charge in [0, 0.05) is 5.56 Å². The maximum Gasteiger partial charge on any atom is 0.229 e. The molecule has 1 aromatic heterocycles. The molecule has 0 saturated heterocycles. The maximum absolute atomic E-state index is 13.1. The topological polar surface area (TPSA) is 81.1 Å². The maximum atomic E-state index is 13.1. The molecule has 1 N–H and O–H groups in total. The second-order valence-electron chi connectivity index (χ2n) is 7.29. The van der Waals surface area contributed by atoms with Crippen molar-refractivity contribution in [3.05, 3.63) is 76.2 Å². The third-order valence-corrected chi connectivity index (χ3v) is 6.57. The van der Waals surface area contributed by atoms with Crippen LogP contribution in [0.2, 0.25) is 0 Å². The normalized spacial score (nSPS) is 14.6. The number of hydrogen-bond donors (Lipinski definition) is 1. The van der Waals surface area contributed by atoms with E-state index in [9.17, 15) is 17.6 Å². The van der Waals surface area contributed by atoms with Gasteiger partial charge >= 0.3 is 0 Å². The minimum atomic E-state index is -3.27. The second-order valence-corrected chi connectivity index (χ2v) is 9.35. The van der Waals surface area contributed by atoms with Crippen LogP contribution in [-0.4, -0.2) is 24.1 Å². The molecule has 2 heterocycles. The highest BCUT2D eigenvalue weighted by molar-refractivity contribution is 7.90. The summed E-state index contributed by atoms with van der Waals surface area (Å²) in [5.74, 6) is -0.609. The predicted molar refractivity (Wildman–Crippen MR) is 108 cm³/mol.